The summed E-state index contributed by atoms with van der Waals surface area (Å²) in [6.07, 6.45) is 0.704. The minimum atomic E-state index is -1.15. The quantitative estimate of drug-likeness (QED) is 0.156. The second-order valence-electron chi connectivity index (χ2n) is 12.6. The van der Waals surface area contributed by atoms with Crippen molar-refractivity contribution in [3.63, 3.8) is 0 Å². The van der Waals surface area contributed by atoms with Crippen LogP contribution in [0.4, 0.5) is 11.8 Å². The summed E-state index contributed by atoms with van der Waals surface area (Å²) >= 11 is 0. The number of carbonyl (C=O) groups is 1. The molecule has 5 aromatic rings. The maximum absolute atomic E-state index is 12.9. The first-order valence-corrected chi connectivity index (χ1v) is 16.2. The predicted octanol–water partition coefficient (Wildman–Crippen LogP) is 3.00. The Balaban J connectivity index is 1.18. The number of anilines is 2. The van der Waals surface area contributed by atoms with Crippen LogP contribution in [0.5, 0.6) is 0 Å². The minimum absolute atomic E-state index is 0.0308. The lowest BCUT2D eigenvalue weighted by atomic mass is 9.91. The fourth-order valence-corrected chi connectivity index (χ4v) is 6.85. The second kappa shape index (κ2) is 13.5. The Labute approximate surface area is 273 Å². The normalized spacial score (nSPS) is 22.6. The molecule has 47 heavy (non-hydrogen) atoms. The van der Waals surface area contributed by atoms with Crippen molar-refractivity contribution in [1.29, 1.82) is 0 Å². The number of hydrogen-bond donors (Lipinski definition) is 5. The molecule has 7 rings (SSSR count). The minimum Gasteiger partial charge on any atom is -0.388 e. The maximum Gasteiger partial charge on any atom is 0.229 e. The van der Waals surface area contributed by atoms with Crippen LogP contribution in [-0.2, 0) is 11.2 Å². The first kappa shape index (κ1) is 30.8. The summed E-state index contributed by atoms with van der Waals surface area (Å²) in [6.45, 7) is 1.93. The summed E-state index contributed by atoms with van der Waals surface area (Å²) in [5, 5.41) is 28.8. The standard InChI is InChI=1S/C36H40N8O3/c37-26-16-17-43(21-26)36-41-34(38-20-27(24-12-6-2-7-13-24)25-14-8-3-9-15-25)31-35(42-36)44(22-39-31)29-19-28(32(46)33(29)47)40-30(45)18-23-10-4-1-5-11-23/h1-15,22,26-29,32-33,46-47H,16-21,37H2,(H,40,45)(H,38,41,42)/t26-,28+,29-,32-,33+/m1/s1. The van der Waals surface area contributed by atoms with Gasteiger partial charge in [0, 0.05) is 31.6 Å². The van der Waals surface area contributed by atoms with Crippen LogP contribution in [0.25, 0.3) is 11.2 Å². The third-order valence-electron chi connectivity index (χ3n) is 9.36. The molecule has 6 N–H and O–H groups in total. The number of nitrogens with zero attached hydrogens (tertiary/aromatic N) is 5. The number of nitrogens with one attached hydrogen (secondary N) is 2. The first-order chi connectivity index (χ1) is 22.9. The lowest BCUT2D eigenvalue weighted by Crippen LogP contribution is -2.43. The summed E-state index contributed by atoms with van der Waals surface area (Å²) in [6, 6.07) is 29.0. The number of rotatable bonds is 10. The van der Waals surface area contributed by atoms with Crippen LogP contribution >= 0.6 is 0 Å². The maximum atomic E-state index is 12.9. The van der Waals surface area contributed by atoms with Gasteiger partial charge < -0.3 is 36.0 Å². The van der Waals surface area contributed by atoms with Gasteiger partial charge in [-0.2, -0.15) is 9.97 Å². The molecular formula is C36H40N8O3. The highest BCUT2D eigenvalue weighted by Gasteiger charge is 2.44. The molecule has 0 spiro atoms. The van der Waals surface area contributed by atoms with Crippen molar-refractivity contribution in [2.75, 3.05) is 29.9 Å². The molecule has 11 nitrogen and oxygen atoms in total. The van der Waals surface area contributed by atoms with Gasteiger partial charge in [0.05, 0.1) is 24.8 Å². The van der Waals surface area contributed by atoms with Crippen LogP contribution in [0.2, 0.25) is 0 Å². The second-order valence-corrected chi connectivity index (χ2v) is 12.6. The van der Waals surface area contributed by atoms with Gasteiger partial charge in [0.25, 0.3) is 0 Å². The van der Waals surface area contributed by atoms with Gasteiger partial charge in [0.2, 0.25) is 11.9 Å². The topological polar surface area (TPSA) is 154 Å². The summed E-state index contributed by atoms with van der Waals surface area (Å²) in [4.78, 5) is 29.5. The van der Waals surface area contributed by atoms with Gasteiger partial charge in [-0.15, -0.1) is 0 Å². The first-order valence-electron chi connectivity index (χ1n) is 16.2. The molecular weight excluding hydrogens is 592 g/mol. The van der Waals surface area contributed by atoms with Gasteiger partial charge in [-0.1, -0.05) is 91.0 Å². The highest BCUT2D eigenvalue weighted by Crippen LogP contribution is 2.35. The van der Waals surface area contributed by atoms with E-state index in [1.165, 1.54) is 11.1 Å². The molecule has 1 saturated carbocycles. The van der Waals surface area contributed by atoms with E-state index in [1.807, 2.05) is 71.3 Å². The molecule has 0 unspecified atom stereocenters. The van der Waals surface area contributed by atoms with E-state index in [0.29, 0.717) is 42.4 Å². The molecule has 3 aromatic carbocycles. The fourth-order valence-electron chi connectivity index (χ4n) is 6.85. The summed E-state index contributed by atoms with van der Waals surface area (Å²) in [7, 11) is 0. The monoisotopic (exact) mass is 632 g/mol. The number of aromatic nitrogens is 4. The van der Waals surface area contributed by atoms with Crippen molar-refractivity contribution < 1.29 is 15.0 Å². The number of amides is 1. The Kier molecular flexibility index (Phi) is 8.84. The summed E-state index contributed by atoms with van der Waals surface area (Å²) in [5.74, 6) is 0.963. The van der Waals surface area contributed by atoms with Crippen molar-refractivity contribution in [1.82, 2.24) is 24.8 Å². The van der Waals surface area contributed by atoms with Gasteiger partial charge in [0.1, 0.15) is 12.2 Å². The van der Waals surface area contributed by atoms with Crippen molar-refractivity contribution in [2.45, 2.75) is 55.5 Å². The smallest absolute Gasteiger partial charge is 0.229 e. The molecule has 2 fully saturated rings. The van der Waals surface area contributed by atoms with E-state index in [2.05, 4.69) is 39.8 Å². The number of imidazole rings is 1. The molecule has 0 radical (unpaired) electrons. The molecule has 1 amide bonds. The third-order valence-corrected chi connectivity index (χ3v) is 9.36. The van der Waals surface area contributed by atoms with E-state index in [4.69, 9.17) is 20.7 Å². The number of carbonyl (C=O) groups excluding carboxylic acids is 1. The van der Waals surface area contributed by atoms with Gasteiger partial charge >= 0.3 is 0 Å². The van der Waals surface area contributed by atoms with E-state index >= 15 is 0 Å². The number of aliphatic hydroxyl groups excluding tert-OH is 2. The predicted molar refractivity (Wildman–Crippen MR) is 181 cm³/mol. The van der Waals surface area contributed by atoms with Gasteiger partial charge in [-0.05, 0) is 29.5 Å². The highest BCUT2D eigenvalue weighted by molar-refractivity contribution is 5.85. The van der Waals surface area contributed by atoms with E-state index in [1.54, 1.807) is 6.33 Å². The van der Waals surface area contributed by atoms with Crippen molar-refractivity contribution in [3.8, 4) is 0 Å². The van der Waals surface area contributed by atoms with Crippen LogP contribution in [0.1, 0.15) is 41.5 Å². The zero-order valence-corrected chi connectivity index (χ0v) is 26.1. The molecule has 242 valence electrons. The summed E-state index contributed by atoms with van der Waals surface area (Å²) < 4.78 is 1.81. The highest BCUT2D eigenvalue weighted by atomic mass is 16.3. The average molecular weight is 633 g/mol. The molecule has 3 heterocycles. The average Bonchev–Trinajstić information content (AvgIpc) is 3.80. The molecule has 0 bridgehead atoms. The zero-order chi connectivity index (χ0) is 32.3. The molecule has 1 saturated heterocycles. The van der Waals surface area contributed by atoms with Crippen LogP contribution < -0.4 is 21.3 Å². The SMILES string of the molecule is N[C@@H]1CCN(c2nc(NCC(c3ccccc3)c3ccccc3)c3ncn([C@@H]4C[C@H](NC(=O)Cc5ccccc5)[C@@H](O)[C@H]4O)c3n2)C1. The lowest BCUT2D eigenvalue weighted by molar-refractivity contribution is -0.122. The van der Waals surface area contributed by atoms with Crippen molar-refractivity contribution >= 4 is 28.8 Å². The van der Waals surface area contributed by atoms with Crippen LogP contribution in [0.3, 0.4) is 0 Å². The van der Waals surface area contributed by atoms with E-state index in [9.17, 15) is 15.0 Å². The van der Waals surface area contributed by atoms with Crippen LogP contribution in [0, 0.1) is 0 Å². The van der Waals surface area contributed by atoms with Gasteiger partial charge in [-0.25, -0.2) is 4.98 Å². The Bertz CT molecular complexity index is 1760. The van der Waals surface area contributed by atoms with E-state index in [-0.39, 0.29) is 24.3 Å². The molecule has 1 aliphatic heterocycles. The number of nitrogens with two attached hydrogens (primary N) is 1. The Morgan fingerprint density at radius 2 is 1.57 bits per heavy atom. The Hall–Kier alpha value is -4.84. The van der Waals surface area contributed by atoms with E-state index in [0.717, 1.165) is 18.5 Å². The third kappa shape index (κ3) is 6.55. The Morgan fingerprint density at radius 3 is 2.21 bits per heavy atom. The molecule has 2 aliphatic rings. The molecule has 2 aromatic heterocycles. The number of hydrogen-bond acceptors (Lipinski definition) is 9. The number of benzene rings is 3. The van der Waals surface area contributed by atoms with E-state index < -0.39 is 24.3 Å². The van der Waals surface area contributed by atoms with Crippen LogP contribution in [-0.4, -0.2) is 79.6 Å². The number of fused-ring (bicyclic) bond motifs is 1. The largest absolute Gasteiger partial charge is 0.388 e. The molecule has 11 heteroatoms. The fraction of sp³-hybridized carbons (Fsp3) is 0.333. The van der Waals surface area contributed by atoms with Crippen molar-refractivity contribution in [3.05, 3.63) is 114 Å². The summed E-state index contributed by atoms with van der Waals surface area (Å²) in [5.41, 5.74) is 10.6. The van der Waals surface area contributed by atoms with Crippen molar-refractivity contribution in [2.24, 2.45) is 5.73 Å². The lowest BCUT2D eigenvalue weighted by Gasteiger charge is -2.22. The van der Waals surface area contributed by atoms with Gasteiger partial charge in [0.15, 0.2) is 17.0 Å². The number of aliphatic hydroxyl groups is 2. The molecule has 5 atom stereocenters. The Morgan fingerprint density at radius 1 is 0.915 bits per heavy atom. The van der Waals surface area contributed by atoms with Gasteiger partial charge in [-0.3, -0.25) is 4.79 Å². The zero-order valence-electron chi connectivity index (χ0n) is 26.1. The van der Waals surface area contributed by atoms with Crippen LogP contribution in [0.15, 0.2) is 97.3 Å². The molecule has 1 aliphatic carbocycles.